The van der Waals surface area contributed by atoms with Crippen LogP contribution >= 0.6 is 15.9 Å². The Bertz CT molecular complexity index is 421. The number of nitrogens with two attached hydrogens (primary N) is 1. The number of furan rings is 1. The number of rotatable bonds is 3. The largest absolute Gasteiger partial charge is 0.452 e. The lowest BCUT2D eigenvalue weighted by Crippen LogP contribution is -2.06. The van der Waals surface area contributed by atoms with Crippen LogP contribution in [-0.4, -0.2) is 9.55 Å². The third-order valence-electron chi connectivity index (χ3n) is 1.96. The van der Waals surface area contributed by atoms with Crippen LogP contribution in [0.2, 0.25) is 0 Å². The first kappa shape index (κ1) is 9.48. The Balaban J connectivity index is 2.18. The lowest BCUT2D eigenvalue weighted by atomic mass is 10.4. The highest BCUT2D eigenvalue weighted by molar-refractivity contribution is 9.10. The smallest absolute Gasteiger partial charge is 0.169 e. The van der Waals surface area contributed by atoms with Crippen LogP contribution in [0.5, 0.6) is 0 Å². The van der Waals surface area contributed by atoms with E-state index in [0.29, 0.717) is 13.1 Å². The molecule has 0 aliphatic heterocycles. The van der Waals surface area contributed by atoms with Gasteiger partial charge in [0.1, 0.15) is 5.76 Å². The molecule has 0 saturated carbocycles. The van der Waals surface area contributed by atoms with Gasteiger partial charge in [0.05, 0.1) is 18.6 Å². The van der Waals surface area contributed by atoms with Crippen molar-refractivity contribution >= 4 is 15.9 Å². The lowest BCUT2D eigenvalue weighted by Gasteiger charge is -2.03. The summed E-state index contributed by atoms with van der Waals surface area (Å²) in [7, 11) is 0. The van der Waals surface area contributed by atoms with Gasteiger partial charge in [0.15, 0.2) is 4.67 Å². The average Bonchev–Trinajstić information content (AvgIpc) is 2.76. The third kappa shape index (κ3) is 1.88. The predicted molar refractivity (Wildman–Crippen MR) is 55.6 cm³/mol. The van der Waals surface area contributed by atoms with Gasteiger partial charge in [-0.25, -0.2) is 4.98 Å². The highest BCUT2D eigenvalue weighted by Gasteiger charge is 2.03. The summed E-state index contributed by atoms with van der Waals surface area (Å²) >= 11 is 3.26. The number of nitrogens with zero attached hydrogens (tertiary/aromatic N) is 2. The Morgan fingerprint density at radius 2 is 2.36 bits per heavy atom. The van der Waals surface area contributed by atoms with Crippen molar-refractivity contribution in [2.75, 3.05) is 0 Å². The van der Waals surface area contributed by atoms with Gasteiger partial charge in [-0.05, 0) is 28.1 Å². The van der Waals surface area contributed by atoms with Crippen molar-refractivity contribution in [3.05, 3.63) is 40.8 Å². The fourth-order valence-electron chi connectivity index (χ4n) is 1.27. The molecule has 0 amide bonds. The molecule has 0 fully saturated rings. The van der Waals surface area contributed by atoms with Gasteiger partial charge in [-0.15, -0.1) is 0 Å². The maximum atomic E-state index is 5.55. The zero-order valence-corrected chi connectivity index (χ0v) is 9.07. The molecular formula is C9H10BrN3O. The maximum absolute atomic E-state index is 5.55. The summed E-state index contributed by atoms with van der Waals surface area (Å²) in [6.45, 7) is 1.15. The molecule has 2 heterocycles. The van der Waals surface area contributed by atoms with E-state index in [9.17, 15) is 0 Å². The molecule has 5 heteroatoms. The summed E-state index contributed by atoms with van der Waals surface area (Å²) < 4.78 is 8.08. The van der Waals surface area contributed by atoms with Crippen LogP contribution in [-0.2, 0) is 13.1 Å². The highest BCUT2D eigenvalue weighted by Crippen LogP contribution is 2.15. The van der Waals surface area contributed by atoms with E-state index in [1.54, 1.807) is 12.5 Å². The zero-order valence-electron chi connectivity index (χ0n) is 7.48. The van der Waals surface area contributed by atoms with Gasteiger partial charge < -0.3 is 14.7 Å². The first-order valence-corrected chi connectivity index (χ1v) is 5.02. The molecule has 0 bridgehead atoms. The van der Waals surface area contributed by atoms with Gasteiger partial charge in [0.25, 0.3) is 0 Å². The van der Waals surface area contributed by atoms with E-state index in [4.69, 9.17) is 10.2 Å². The second-order valence-electron chi connectivity index (χ2n) is 2.92. The Labute approximate surface area is 89.9 Å². The standard InChI is InChI=1S/C9H10BrN3O/c10-9-2-1-8(14-9)5-13-6-12-4-7(13)3-11/h1-2,4,6H,3,5,11H2. The summed E-state index contributed by atoms with van der Waals surface area (Å²) in [5.41, 5.74) is 6.55. The van der Waals surface area contributed by atoms with E-state index >= 15 is 0 Å². The normalized spacial score (nSPS) is 10.7. The number of hydrogen-bond donors (Lipinski definition) is 1. The van der Waals surface area contributed by atoms with Crippen LogP contribution in [0.3, 0.4) is 0 Å². The molecule has 2 rings (SSSR count). The van der Waals surface area contributed by atoms with E-state index in [0.717, 1.165) is 16.1 Å². The average molecular weight is 256 g/mol. The monoisotopic (exact) mass is 255 g/mol. The van der Waals surface area contributed by atoms with Gasteiger partial charge >= 0.3 is 0 Å². The molecule has 0 radical (unpaired) electrons. The van der Waals surface area contributed by atoms with Crippen molar-refractivity contribution < 1.29 is 4.42 Å². The van der Waals surface area contributed by atoms with Crippen molar-refractivity contribution in [3.63, 3.8) is 0 Å². The molecule has 2 N–H and O–H groups in total. The van der Waals surface area contributed by atoms with Gasteiger partial charge in [0, 0.05) is 12.7 Å². The van der Waals surface area contributed by atoms with Crippen molar-refractivity contribution in [2.45, 2.75) is 13.1 Å². The summed E-state index contributed by atoms with van der Waals surface area (Å²) in [5.74, 6) is 0.879. The van der Waals surface area contributed by atoms with E-state index in [-0.39, 0.29) is 0 Å². The fraction of sp³-hybridized carbons (Fsp3) is 0.222. The van der Waals surface area contributed by atoms with Gasteiger partial charge in [0.2, 0.25) is 0 Å². The quantitative estimate of drug-likeness (QED) is 0.910. The van der Waals surface area contributed by atoms with Crippen LogP contribution in [0.4, 0.5) is 0 Å². The van der Waals surface area contributed by atoms with Crippen LogP contribution in [0.25, 0.3) is 0 Å². The Morgan fingerprint density at radius 3 is 3.00 bits per heavy atom. The Kier molecular flexibility index (Phi) is 2.69. The molecule has 0 unspecified atom stereocenters. The topological polar surface area (TPSA) is 57.0 Å². The molecule has 0 aliphatic rings. The molecule has 0 saturated heterocycles. The molecule has 0 atom stereocenters. The second-order valence-corrected chi connectivity index (χ2v) is 3.70. The minimum absolute atomic E-state index is 0.488. The first-order valence-electron chi connectivity index (χ1n) is 4.23. The Morgan fingerprint density at radius 1 is 1.50 bits per heavy atom. The molecular weight excluding hydrogens is 246 g/mol. The molecule has 4 nitrogen and oxygen atoms in total. The van der Waals surface area contributed by atoms with Crippen molar-refractivity contribution in [2.24, 2.45) is 5.73 Å². The van der Waals surface area contributed by atoms with Gasteiger partial charge in [-0.2, -0.15) is 0 Å². The summed E-state index contributed by atoms with van der Waals surface area (Å²) in [4.78, 5) is 4.03. The van der Waals surface area contributed by atoms with Gasteiger partial charge in [-0.1, -0.05) is 0 Å². The minimum Gasteiger partial charge on any atom is -0.452 e. The minimum atomic E-state index is 0.488. The van der Waals surface area contributed by atoms with E-state index < -0.39 is 0 Å². The van der Waals surface area contributed by atoms with E-state index in [2.05, 4.69) is 20.9 Å². The molecule has 2 aromatic heterocycles. The van der Waals surface area contributed by atoms with Crippen molar-refractivity contribution in [1.29, 1.82) is 0 Å². The zero-order chi connectivity index (χ0) is 9.97. The highest BCUT2D eigenvalue weighted by atomic mass is 79.9. The lowest BCUT2D eigenvalue weighted by molar-refractivity contribution is 0.471. The summed E-state index contributed by atoms with van der Waals surface area (Å²) in [5, 5.41) is 0. The maximum Gasteiger partial charge on any atom is 0.169 e. The summed E-state index contributed by atoms with van der Waals surface area (Å²) in [6, 6.07) is 3.79. The predicted octanol–water partition coefficient (Wildman–Crippen LogP) is 1.75. The van der Waals surface area contributed by atoms with Gasteiger partial charge in [-0.3, -0.25) is 0 Å². The molecule has 74 valence electrons. The van der Waals surface area contributed by atoms with Crippen LogP contribution in [0, 0.1) is 0 Å². The van der Waals surface area contributed by atoms with Crippen LogP contribution < -0.4 is 5.73 Å². The van der Waals surface area contributed by atoms with Crippen LogP contribution in [0.15, 0.2) is 33.7 Å². The third-order valence-corrected chi connectivity index (χ3v) is 2.39. The second kappa shape index (κ2) is 3.98. The number of hydrogen-bond acceptors (Lipinski definition) is 3. The fourth-order valence-corrected chi connectivity index (χ4v) is 1.61. The molecule has 0 aromatic carbocycles. The van der Waals surface area contributed by atoms with E-state index in [1.807, 2.05) is 16.7 Å². The Hall–Kier alpha value is -1.07. The molecule has 0 aliphatic carbocycles. The SMILES string of the molecule is NCc1cncn1Cc1ccc(Br)o1. The number of aromatic nitrogens is 2. The number of imidazole rings is 1. The van der Waals surface area contributed by atoms with E-state index in [1.165, 1.54) is 0 Å². The molecule has 2 aromatic rings. The molecule has 14 heavy (non-hydrogen) atoms. The van der Waals surface area contributed by atoms with Crippen LogP contribution in [0.1, 0.15) is 11.5 Å². The number of halogens is 1. The summed E-state index contributed by atoms with van der Waals surface area (Å²) in [6.07, 6.45) is 3.51. The molecule has 0 spiro atoms. The first-order chi connectivity index (χ1) is 6.79. The van der Waals surface area contributed by atoms with Crippen molar-refractivity contribution in [1.82, 2.24) is 9.55 Å². The van der Waals surface area contributed by atoms with Crippen molar-refractivity contribution in [3.8, 4) is 0 Å².